The predicted molar refractivity (Wildman–Crippen MR) is 57.7 cm³/mol. The number of esters is 1. The fraction of sp³-hybridized carbons (Fsp3) is 0.417. The second-order valence-electron chi connectivity index (χ2n) is 4.12. The van der Waals surface area contributed by atoms with Crippen LogP contribution in [0.4, 0.5) is 13.2 Å². The summed E-state index contributed by atoms with van der Waals surface area (Å²) in [6.07, 6.45) is -4.06. The average molecular weight is 259 g/mol. The van der Waals surface area contributed by atoms with Crippen molar-refractivity contribution in [3.8, 4) is 0 Å². The molecular weight excluding hydrogens is 247 g/mol. The van der Waals surface area contributed by atoms with Crippen LogP contribution in [0, 0.1) is 0 Å². The van der Waals surface area contributed by atoms with Crippen molar-refractivity contribution in [2.24, 2.45) is 0 Å². The third-order valence-electron chi connectivity index (χ3n) is 3.00. The van der Waals surface area contributed by atoms with Gasteiger partial charge in [0, 0.05) is 6.04 Å². The van der Waals surface area contributed by atoms with Gasteiger partial charge >= 0.3 is 12.1 Å². The highest BCUT2D eigenvalue weighted by molar-refractivity contribution is 5.77. The largest absolute Gasteiger partial charge is 0.468 e. The van der Waals surface area contributed by atoms with Crippen LogP contribution in [-0.2, 0) is 15.7 Å². The molecule has 1 aliphatic rings. The highest BCUT2D eigenvalue weighted by atomic mass is 19.4. The number of methoxy groups -OCH3 is 1. The maximum atomic E-state index is 12.8. The highest BCUT2D eigenvalue weighted by Crippen LogP contribution is 2.38. The molecule has 0 aliphatic carbocycles. The molecular formula is C12H12F3NO2. The van der Waals surface area contributed by atoms with Crippen LogP contribution >= 0.6 is 0 Å². The van der Waals surface area contributed by atoms with Gasteiger partial charge < -0.3 is 4.74 Å². The van der Waals surface area contributed by atoms with Gasteiger partial charge in [-0.1, -0.05) is 18.2 Å². The molecule has 2 rings (SSSR count). The number of halogens is 3. The maximum absolute atomic E-state index is 12.8. The van der Waals surface area contributed by atoms with E-state index in [-0.39, 0.29) is 5.56 Å². The zero-order chi connectivity index (χ0) is 13.3. The molecule has 18 heavy (non-hydrogen) atoms. The molecule has 3 nitrogen and oxygen atoms in total. The summed E-state index contributed by atoms with van der Waals surface area (Å²) in [6.45, 7) is 0. The Morgan fingerprint density at radius 2 is 2.00 bits per heavy atom. The van der Waals surface area contributed by atoms with Gasteiger partial charge in [-0.15, -0.1) is 0 Å². The lowest BCUT2D eigenvalue weighted by Gasteiger charge is -2.36. The molecule has 1 fully saturated rings. The van der Waals surface area contributed by atoms with Crippen LogP contribution < -0.4 is 5.32 Å². The zero-order valence-corrected chi connectivity index (χ0v) is 9.62. The van der Waals surface area contributed by atoms with Crippen LogP contribution in [0.5, 0.6) is 0 Å². The highest BCUT2D eigenvalue weighted by Gasteiger charge is 2.41. The smallest absolute Gasteiger partial charge is 0.416 e. The Labute approximate surface area is 102 Å². The van der Waals surface area contributed by atoms with Gasteiger partial charge in [-0.2, -0.15) is 13.2 Å². The standard InChI is InChI=1S/C12H12F3NO2/c1-18-11(17)10-6-9(16-10)7-4-2-3-5-8(7)12(13,14)15/h2-5,9-10,16H,6H2,1H3. The maximum Gasteiger partial charge on any atom is 0.416 e. The number of hydrogen-bond donors (Lipinski definition) is 1. The van der Waals surface area contributed by atoms with Gasteiger partial charge in [-0.05, 0) is 18.1 Å². The van der Waals surface area contributed by atoms with Crippen LogP contribution in [0.15, 0.2) is 24.3 Å². The number of nitrogens with one attached hydrogen (secondary N) is 1. The fourth-order valence-electron chi connectivity index (χ4n) is 2.04. The normalized spacial score (nSPS) is 23.3. The summed E-state index contributed by atoms with van der Waals surface area (Å²) in [5.41, 5.74) is -0.490. The Kier molecular flexibility index (Phi) is 3.30. The lowest BCUT2D eigenvalue weighted by molar-refractivity contribution is -0.146. The Morgan fingerprint density at radius 1 is 1.39 bits per heavy atom. The van der Waals surface area contributed by atoms with Crippen LogP contribution in [0.3, 0.4) is 0 Å². The number of benzene rings is 1. The molecule has 0 amide bonds. The lowest BCUT2D eigenvalue weighted by Crippen LogP contribution is -2.51. The van der Waals surface area contributed by atoms with Gasteiger partial charge in [0.15, 0.2) is 0 Å². The molecule has 98 valence electrons. The molecule has 1 aromatic rings. The van der Waals surface area contributed by atoms with Gasteiger partial charge in [0.05, 0.1) is 12.7 Å². The number of ether oxygens (including phenoxy) is 1. The quantitative estimate of drug-likeness (QED) is 0.828. The Balaban J connectivity index is 2.15. The molecule has 0 bridgehead atoms. The van der Waals surface area contributed by atoms with Gasteiger partial charge in [0.25, 0.3) is 0 Å². The number of alkyl halides is 3. The topological polar surface area (TPSA) is 38.3 Å². The SMILES string of the molecule is COC(=O)C1CC(c2ccccc2C(F)(F)F)N1. The lowest BCUT2D eigenvalue weighted by atomic mass is 9.88. The first-order chi connectivity index (χ1) is 8.43. The van der Waals surface area contributed by atoms with Crippen molar-refractivity contribution in [1.29, 1.82) is 0 Å². The molecule has 1 N–H and O–H groups in total. The summed E-state index contributed by atoms with van der Waals surface area (Å²) >= 11 is 0. The van der Waals surface area contributed by atoms with Crippen molar-refractivity contribution < 1.29 is 22.7 Å². The summed E-state index contributed by atoms with van der Waals surface area (Å²) in [5.74, 6) is -0.448. The molecule has 0 aromatic heterocycles. The molecule has 2 unspecified atom stereocenters. The van der Waals surface area contributed by atoms with E-state index in [1.165, 1.54) is 19.2 Å². The van der Waals surface area contributed by atoms with Gasteiger partial charge in [0.2, 0.25) is 0 Å². The van der Waals surface area contributed by atoms with E-state index in [9.17, 15) is 18.0 Å². The number of hydrogen-bond acceptors (Lipinski definition) is 3. The van der Waals surface area contributed by atoms with Crippen LogP contribution in [0.2, 0.25) is 0 Å². The first-order valence-corrected chi connectivity index (χ1v) is 5.43. The van der Waals surface area contributed by atoms with E-state index in [0.717, 1.165) is 6.07 Å². The molecule has 2 atom stereocenters. The van der Waals surface area contributed by atoms with Crippen molar-refractivity contribution in [1.82, 2.24) is 5.32 Å². The molecule has 1 saturated heterocycles. The first-order valence-electron chi connectivity index (χ1n) is 5.43. The number of rotatable bonds is 2. The summed E-state index contributed by atoms with van der Waals surface area (Å²) < 4.78 is 42.8. The van der Waals surface area contributed by atoms with Gasteiger partial charge in [-0.25, -0.2) is 0 Å². The van der Waals surface area contributed by atoms with Crippen molar-refractivity contribution in [3.05, 3.63) is 35.4 Å². The summed E-state index contributed by atoms with van der Waals surface area (Å²) in [7, 11) is 1.25. The molecule has 1 heterocycles. The minimum Gasteiger partial charge on any atom is -0.468 e. The average Bonchev–Trinajstić information content (AvgIpc) is 2.26. The van der Waals surface area contributed by atoms with E-state index in [1.807, 2.05) is 0 Å². The van der Waals surface area contributed by atoms with Crippen LogP contribution in [0.25, 0.3) is 0 Å². The molecule has 0 radical (unpaired) electrons. The molecule has 6 heteroatoms. The second kappa shape index (κ2) is 4.61. The Bertz CT molecular complexity index is 453. The Hall–Kier alpha value is -1.56. The van der Waals surface area contributed by atoms with Crippen molar-refractivity contribution in [2.75, 3.05) is 7.11 Å². The van der Waals surface area contributed by atoms with Gasteiger partial charge in [0.1, 0.15) is 6.04 Å². The second-order valence-corrected chi connectivity index (χ2v) is 4.12. The van der Waals surface area contributed by atoms with E-state index < -0.39 is 29.8 Å². The third-order valence-corrected chi connectivity index (χ3v) is 3.00. The van der Waals surface area contributed by atoms with E-state index in [1.54, 1.807) is 6.07 Å². The monoisotopic (exact) mass is 259 g/mol. The van der Waals surface area contributed by atoms with E-state index in [0.29, 0.717) is 6.42 Å². The zero-order valence-electron chi connectivity index (χ0n) is 9.62. The molecule has 1 aromatic carbocycles. The van der Waals surface area contributed by atoms with Crippen molar-refractivity contribution in [3.63, 3.8) is 0 Å². The summed E-state index contributed by atoms with van der Waals surface area (Å²) in [4.78, 5) is 11.1. The number of carbonyl (C=O) groups is 1. The minimum atomic E-state index is -4.38. The van der Waals surface area contributed by atoms with Crippen LogP contribution in [0.1, 0.15) is 23.6 Å². The van der Waals surface area contributed by atoms with E-state index in [2.05, 4.69) is 10.1 Å². The third kappa shape index (κ3) is 2.33. The summed E-state index contributed by atoms with van der Waals surface area (Å²) in [5, 5.41) is 2.78. The minimum absolute atomic E-state index is 0.171. The molecule has 0 saturated carbocycles. The van der Waals surface area contributed by atoms with Crippen LogP contribution in [-0.4, -0.2) is 19.1 Å². The predicted octanol–water partition coefficient (Wildman–Crippen LogP) is 2.28. The molecule has 1 aliphatic heterocycles. The van der Waals surface area contributed by atoms with E-state index in [4.69, 9.17) is 0 Å². The first kappa shape index (κ1) is 12.9. The number of carbonyl (C=O) groups excluding carboxylic acids is 1. The summed E-state index contributed by atoms with van der Waals surface area (Å²) in [6, 6.07) is 4.41. The molecule has 0 spiro atoms. The van der Waals surface area contributed by atoms with Gasteiger partial charge in [-0.3, -0.25) is 10.1 Å². The Morgan fingerprint density at radius 3 is 2.56 bits per heavy atom. The fourth-order valence-corrected chi connectivity index (χ4v) is 2.04. The van der Waals surface area contributed by atoms with Crippen molar-refractivity contribution >= 4 is 5.97 Å². The van der Waals surface area contributed by atoms with Crippen molar-refractivity contribution in [2.45, 2.75) is 24.7 Å². The van der Waals surface area contributed by atoms with E-state index >= 15 is 0 Å².